The second-order valence-electron chi connectivity index (χ2n) is 4.94. The van der Waals surface area contributed by atoms with Crippen molar-refractivity contribution in [1.29, 1.82) is 0 Å². The van der Waals surface area contributed by atoms with Crippen molar-refractivity contribution in [1.82, 2.24) is 4.90 Å². The van der Waals surface area contributed by atoms with Gasteiger partial charge in [-0.2, -0.15) is 0 Å². The number of rotatable bonds is 3. The van der Waals surface area contributed by atoms with Gasteiger partial charge >= 0.3 is 0 Å². The molecule has 2 aromatic rings. The van der Waals surface area contributed by atoms with Gasteiger partial charge in [0.15, 0.2) is 5.17 Å². The van der Waals surface area contributed by atoms with Crippen molar-refractivity contribution in [3.63, 3.8) is 0 Å². The average Bonchev–Trinajstić information content (AvgIpc) is 2.85. The molecular weight excluding hydrogens is 328 g/mol. The molecule has 0 saturated carbocycles. The Morgan fingerprint density at radius 3 is 2.48 bits per heavy atom. The minimum atomic E-state index is -0.0119. The molecule has 3 rings (SSSR count). The number of amides is 1. The third-order valence-electron chi connectivity index (χ3n) is 3.35. The first-order valence-electron chi connectivity index (χ1n) is 7.28. The molecular formula is C18H15ClN2OS. The first kappa shape index (κ1) is 15.8. The van der Waals surface area contributed by atoms with Crippen molar-refractivity contribution in [2.24, 2.45) is 4.99 Å². The van der Waals surface area contributed by atoms with E-state index in [1.54, 1.807) is 4.90 Å². The zero-order valence-corrected chi connectivity index (χ0v) is 14.1. The normalized spacial score (nSPS) is 18.2. The first-order valence-corrected chi connectivity index (χ1v) is 8.47. The van der Waals surface area contributed by atoms with Crippen molar-refractivity contribution >= 4 is 46.2 Å². The van der Waals surface area contributed by atoms with Crippen LogP contribution in [0.1, 0.15) is 12.5 Å². The number of para-hydroxylation sites is 1. The zero-order chi connectivity index (χ0) is 16.2. The number of benzene rings is 2. The summed E-state index contributed by atoms with van der Waals surface area (Å²) < 4.78 is 0. The van der Waals surface area contributed by atoms with Gasteiger partial charge in [-0.05, 0) is 54.6 Å². The summed E-state index contributed by atoms with van der Waals surface area (Å²) in [6.07, 6.45) is 1.87. The van der Waals surface area contributed by atoms with Crippen molar-refractivity contribution in [2.45, 2.75) is 6.92 Å². The van der Waals surface area contributed by atoms with E-state index in [0.29, 0.717) is 21.6 Å². The van der Waals surface area contributed by atoms with Crippen molar-refractivity contribution in [2.75, 3.05) is 6.54 Å². The van der Waals surface area contributed by atoms with Crippen molar-refractivity contribution < 1.29 is 4.79 Å². The maximum absolute atomic E-state index is 12.5. The number of aliphatic imine (C=N–C) groups is 1. The molecule has 0 radical (unpaired) electrons. The Morgan fingerprint density at radius 1 is 1.13 bits per heavy atom. The molecule has 0 unspecified atom stereocenters. The van der Waals surface area contributed by atoms with Crippen LogP contribution in [0.3, 0.4) is 0 Å². The Labute approximate surface area is 144 Å². The van der Waals surface area contributed by atoms with E-state index in [1.807, 2.05) is 67.6 Å². The summed E-state index contributed by atoms with van der Waals surface area (Å²) in [4.78, 5) is 19.5. The molecule has 0 aromatic heterocycles. The summed E-state index contributed by atoms with van der Waals surface area (Å²) in [6.45, 7) is 2.54. The quantitative estimate of drug-likeness (QED) is 0.738. The first-order chi connectivity index (χ1) is 11.2. The minimum absolute atomic E-state index is 0.0119. The Morgan fingerprint density at radius 2 is 1.83 bits per heavy atom. The Balaban J connectivity index is 1.91. The summed E-state index contributed by atoms with van der Waals surface area (Å²) in [5, 5.41) is 1.39. The molecule has 0 N–H and O–H groups in total. The maximum atomic E-state index is 12.5. The zero-order valence-electron chi connectivity index (χ0n) is 12.6. The number of amidine groups is 1. The van der Waals surface area contributed by atoms with Gasteiger partial charge in [-0.15, -0.1) is 0 Å². The molecule has 0 aliphatic carbocycles. The van der Waals surface area contributed by atoms with Crippen LogP contribution in [-0.2, 0) is 4.79 Å². The van der Waals surface area contributed by atoms with Gasteiger partial charge in [-0.1, -0.05) is 41.9 Å². The van der Waals surface area contributed by atoms with Crippen LogP contribution in [0.4, 0.5) is 5.69 Å². The van der Waals surface area contributed by atoms with Gasteiger partial charge < -0.3 is 0 Å². The molecule has 1 aliphatic rings. The Kier molecular flexibility index (Phi) is 4.84. The van der Waals surface area contributed by atoms with E-state index in [9.17, 15) is 4.79 Å². The number of nitrogens with zero attached hydrogens (tertiary/aromatic N) is 2. The van der Waals surface area contributed by atoms with Crippen molar-refractivity contribution in [3.05, 3.63) is 70.1 Å². The van der Waals surface area contributed by atoms with E-state index < -0.39 is 0 Å². The van der Waals surface area contributed by atoms with Gasteiger partial charge in [-0.25, -0.2) is 4.99 Å². The Hall–Kier alpha value is -2.04. The summed E-state index contributed by atoms with van der Waals surface area (Å²) in [6, 6.07) is 17.1. The van der Waals surface area contributed by atoms with Gasteiger partial charge in [0.05, 0.1) is 10.6 Å². The number of thioether (sulfide) groups is 1. The van der Waals surface area contributed by atoms with Crippen LogP contribution in [-0.4, -0.2) is 22.5 Å². The standard InChI is InChI=1S/C18H15ClN2OS/c1-2-21-17(22)16(12-13-8-10-14(19)11-9-13)23-18(21)20-15-6-4-3-5-7-15/h3-12H,2H2,1H3/b16-12+,20-18?. The van der Waals surface area contributed by atoms with E-state index in [2.05, 4.69) is 4.99 Å². The molecule has 1 fully saturated rings. The second-order valence-corrected chi connectivity index (χ2v) is 6.39. The molecule has 0 spiro atoms. The van der Waals surface area contributed by atoms with E-state index in [0.717, 1.165) is 11.3 Å². The molecule has 3 nitrogen and oxygen atoms in total. The van der Waals surface area contributed by atoms with Gasteiger partial charge in [0.25, 0.3) is 5.91 Å². The van der Waals surface area contributed by atoms with E-state index in [1.165, 1.54) is 11.8 Å². The molecule has 1 amide bonds. The van der Waals surface area contributed by atoms with Gasteiger partial charge in [0.2, 0.25) is 0 Å². The summed E-state index contributed by atoms with van der Waals surface area (Å²) in [7, 11) is 0. The molecule has 1 aliphatic heterocycles. The molecule has 2 aromatic carbocycles. The highest BCUT2D eigenvalue weighted by atomic mass is 35.5. The lowest BCUT2D eigenvalue weighted by molar-refractivity contribution is -0.122. The topological polar surface area (TPSA) is 32.7 Å². The molecule has 116 valence electrons. The van der Waals surface area contributed by atoms with Crippen LogP contribution >= 0.6 is 23.4 Å². The lowest BCUT2D eigenvalue weighted by atomic mass is 10.2. The van der Waals surface area contributed by atoms with Gasteiger partial charge in [-0.3, -0.25) is 9.69 Å². The molecule has 0 bridgehead atoms. The van der Waals surface area contributed by atoms with Gasteiger partial charge in [0, 0.05) is 11.6 Å². The fourth-order valence-electron chi connectivity index (χ4n) is 2.19. The third kappa shape index (κ3) is 3.66. The maximum Gasteiger partial charge on any atom is 0.266 e. The van der Waals surface area contributed by atoms with E-state index >= 15 is 0 Å². The fraction of sp³-hybridized carbons (Fsp3) is 0.111. The summed E-state index contributed by atoms with van der Waals surface area (Å²) in [5.74, 6) is -0.0119. The summed E-state index contributed by atoms with van der Waals surface area (Å²) in [5.41, 5.74) is 1.79. The number of carbonyl (C=O) groups excluding carboxylic acids is 1. The van der Waals surface area contributed by atoms with E-state index in [-0.39, 0.29) is 5.91 Å². The fourth-order valence-corrected chi connectivity index (χ4v) is 3.38. The molecule has 0 atom stereocenters. The largest absolute Gasteiger partial charge is 0.287 e. The number of halogens is 1. The van der Waals surface area contributed by atoms with Gasteiger partial charge in [0.1, 0.15) is 0 Å². The van der Waals surface area contributed by atoms with Crippen LogP contribution in [0, 0.1) is 0 Å². The number of carbonyl (C=O) groups is 1. The highest BCUT2D eigenvalue weighted by Crippen LogP contribution is 2.34. The molecule has 5 heteroatoms. The van der Waals surface area contributed by atoms with Crippen LogP contribution in [0.25, 0.3) is 6.08 Å². The number of hydrogen-bond donors (Lipinski definition) is 0. The number of hydrogen-bond acceptors (Lipinski definition) is 3. The second kappa shape index (κ2) is 7.02. The highest BCUT2D eigenvalue weighted by Gasteiger charge is 2.32. The molecule has 1 heterocycles. The van der Waals surface area contributed by atoms with Crippen LogP contribution < -0.4 is 0 Å². The lowest BCUT2D eigenvalue weighted by Crippen LogP contribution is -2.28. The van der Waals surface area contributed by atoms with Crippen LogP contribution in [0.15, 0.2) is 64.5 Å². The van der Waals surface area contributed by atoms with E-state index in [4.69, 9.17) is 11.6 Å². The highest BCUT2D eigenvalue weighted by molar-refractivity contribution is 8.18. The predicted molar refractivity (Wildman–Crippen MR) is 97.9 cm³/mol. The van der Waals surface area contributed by atoms with Crippen LogP contribution in [0.2, 0.25) is 5.02 Å². The SMILES string of the molecule is CCN1C(=O)/C(=C\c2ccc(Cl)cc2)SC1=Nc1ccccc1. The lowest BCUT2D eigenvalue weighted by Gasteiger charge is -2.11. The predicted octanol–water partition coefficient (Wildman–Crippen LogP) is 4.96. The molecule has 1 saturated heterocycles. The smallest absolute Gasteiger partial charge is 0.266 e. The third-order valence-corrected chi connectivity index (χ3v) is 4.61. The average molecular weight is 343 g/mol. The van der Waals surface area contributed by atoms with Crippen molar-refractivity contribution in [3.8, 4) is 0 Å². The minimum Gasteiger partial charge on any atom is -0.287 e. The monoisotopic (exact) mass is 342 g/mol. The summed E-state index contributed by atoms with van der Waals surface area (Å²) >= 11 is 7.30. The van der Waals surface area contributed by atoms with Crippen LogP contribution in [0.5, 0.6) is 0 Å². The number of likely N-dealkylation sites (N-methyl/N-ethyl adjacent to an activating group) is 1. The Bertz CT molecular complexity index is 769. The molecule has 23 heavy (non-hydrogen) atoms.